The molecule has 1 heterocycles. The third-order valence-corrected chi connectivity index (χ3v) is 8.29. The number of Topliss-reactive ketones (excluding diaryl/α,β-unsaturated/α-hetero) is 1. The van der Waals surface area contributed by atoms with Gasteiger partial charge in [-0.05, 0) is 86.2 Å². The summed E-state index contributed by atoms with van der Waals surface area (Å²) < 4.78 is 6.16. The Kier molecular flexibility index (Phi) is 8.00. The van der Waals surface area contributed by atoms with Crippen LogP contribution in [0.25, 0.3) is 0 Å². The minimum absolute atomic E-state index is 0.0527. The number of hydrogen-bond donors (Lipinski definition) is 1. The van der Waals surface area contributed by atoms with Crippen LogP contribution in [0.1, 0.15) is 53.0 Å². The van der Waals surface area contributed by atoms with E-state index < -0.39 is 10.8 Å². The number of nitrogens with zero attached hydrogens (tertiary/aromatic N) is 3. The number of ketones is 1. The van der Waals surface area contributed by atoms with Gasteiger partial charge in [0.15, 0.2) is 5.78 Å². The summed E-state index contributed by atoms with van der Waals surface area (Å²) in [6.07, 6.45) is 1.33. The molecule has 42 heavy (non-hydrogen) atoms. The van der Waals surface area contributed by atoms with E-state index in [-0.39, 0.29) is 40.2 Å². The second-order valence-corrected chi connectivity index (χ2v) is 11.4. The van der Waals surface area contributed by atoms with Crippen LogP contribution in [-0.2, 0) is 11.4 Å². The fraction of sp³-hybridized carbons (Fsp3) is 0.250. The Morgan fingerprint density at radius 3 is 2.50 bits per heavy atom. The molecular formula is C32H28Cl2N4O4. The van der Waals surface area contributed by atoms with E-state index >= 15 is 0 Å². The van der Waals surface area contributed by atoms with Crippen molar-refractivity contribution in [3.63, 3.8) is 0 Å². The second-order valence-electron chi connectivity index (χ2n) is 10.5. The van der Waals surface area contributed by atoms with Crippen LogP contribution in [0.2, 0.25) is 10.0 Å². The molecule has 1 atom stereocenters. The second kappa shape index (κ2) is 11.5. The summed E-state index contributed by atoms with van der Waals surface area (Å²) >= 11 is 12.2. The summed E-state index contributed by atoms with van der Waals surface area (Å²) in [7, 11) is 0. The highest BCUT2D eigenvalue weighted by Gasteiger charge is 2.42. The van der Waals surface area contributed by atoms with E-state index in [0.717, 1.165) is 27.8 Å². The number of halogens is 2. The van der Waals surface area contributed by atoms with E-state index in [0.29, 0.717) is 41.3 Å². The molecule has 0 saturated heterocycles. The monoisotopic (exact) mass is 602 g/mol. The standard InChI is InChI=1S/C32H28Cl2N4O4/c1-17-11-20(16-42-29-10-8-21(33)13-18(29)2)19(3)23(12-17)30-24(15-35)32(36)37(26-5-4-6-28(39)31(26)30)25-9-7-22(34)14-27(25)38(40)41/h7-14,30H,4-6,16,36H2,1-3H3. The van der Waals surface area contributed by atoms with Gasteiger partial charge in [-0.2, -0.15) is 5.26 Å². The molecule has 0 bridgehead atoms. The first-order valence-corrected chi connectivity index (χ1v) is 14.2. The van der Waals surface area contributed by atoms with E-state index in [1.807, 2.05) is 45.0 Å². The molecular weight excluding hydrogens is 575 g/mol. The zero-order chi connectivity index (χ0) is 30.3. The molecule has 0 fully saturated rings. The smallest absolute Gasteiger partial charge is 0.294 e. The van der Waals surface area contributed by atoms with Crippen molar-refractivity contribution in [2.45, 2.75) is 52.6 Å². The third kappa shape index (κ3) is 5.22. The van der Waals surface area contributed by atoms with Gasteiger partial charge < -0.3 is 10.5 Å². The molecule has 0 aromatic heterocycles. The lowest BCUT2D eigenvalue weighted by molar-refractivity contribution is -0.384. The highest BCUT2D eigenvalue weighted by atomic mass is 35.5. The maximum atomic E-state index is 13.6. The van der Waals surface area contributed by atoms with E-state index in [9.17, 15) is 20.2 Å². The summed E-state index contributed by atoms with van der Waals surface area (Å²) in [6, 6.07) is 15.9. The number of nitriles is 1. The molecule has 10 heteroatoms. The summed E-state index contributed by atoms with van der Waals surface area (Å²) in [5.41, 5.74) is 12.1. The maximum absolute atomic E-state index is 13.6. The van der Waals surface area contributed by atoms with Gasteiger partial charge in [0, 0.05) is 33.8 Å². The highest BCUT2D eigenvalue weighted by molar-refractivity contribution is 6.31. The fourth-order valence-corrected chi connectivity index (χ4v) is 6.24. The minimum Gasteiger partial charge on any atom is -0.489 e. The van der Waals surface area contributed by atoms with Crippen molar-refractivity contribution < 1.29 is 14.5 Å². The fourth-order valence-electron chi connectivity index (χ4n) is 5.85. The zero-order valence-corrected chi connectivity index (χ0v) is 24.8. The highest BCUT2D eigenvalue weighted by Crippen LogP contribution is 2.49. The number of anilines is 1. The predicted octanol–water partition coefficient (Wildman–Crippen LogP) is 7.71. The number of nitrogens with two attached hydrogens (primary N) is 1. The number of nitro groups is 1. The van der Waals surface area contributed by atoms with E-state index in [1.54, 1.807) is 6.07 Å². The number of benzene rings is 3. The number of aryl methyl sites for hydroxylation is 2. The Hall–Kier alpha value is -4.32. The van der Waals surface area contributed by atoms with Crippen molar-refractivity contribution in [1.29, 1.82) is 5.26 Å². The molecule has 5 rings (SSSR count). The number of ether oxygens (including phenoxy) is 1. The Labute approximate surface area is 253 Å². The van der Waals surface area contributed by atoms with Gasteiger partial charge >= 0.3 is 0 Å². The van der Waals surface area contributed by atoms with Gasteiger partial charge in [0.05, 0.1) is 22.5 Å². The lowest BCUT2D eigenvalue weighted by Gasteiger charge is -2.40. The van der Waals surface area contributed by atoms with Gasteiger partial charge in [-0.15, -0.1) is 0 Å². The van der Waals surface area contributed by atoms with Gasteiger partial charge in [-0.3, -0.25) is 19.8 Å². The van der Waals surface area contributed by atoms with Crippen molar-refractivity contribution in [2.75, 3.05) is 4.90 Å². The third-order valence-electron chi connectivity index (χ3n) is 7.82. The van der Waals surface area contributed by atoms with Crippen molar-refractivity contribution >= 4 is 40.4 Å². The van der Waals surface area contributed by atoms with Crippen LogP contribution >= 0.6 is 23.2 Å². The first kappa shape index (κ1) is 29.2. The van der Waals surface area contributed by atoms with Crippen molar-refractivity contribution in [2.24, 2.45) is 5.73 Å². The number of nitro benzene ring substituents is 1. The summed E-state index contributed by atoms with van der Waals surface area (Å²) in [6.45, 7) is 6.07. The molecule has 8 nitrogen and oxygen atoms in total. The van der Waals surface area contributed by atoms with Crippen LogP contribution in [0.15, 0.2) is 71.2 Å². The van der Waals surface area contributed by atoms with Gasteiger partial charge in [0.1, 0.15) is 23.9 Å². The number of allylic oxidation sites excluding steroid dienone is 3. The van der Waals surface area contributed by atoms with E-state index in [4.69, 9.17) is 33.7 Å². The van der Waals surface area contributed by atoms with Gasteiger partial charge in [0.25, 0.3) is 5.69 Å². The Morgan fingerprint density at radius 1 is 1.10 bits per heavy atom. The molecule has 0 spiro atoms. The molecule has 1 aliphatic heterocycles. The predicted molar refractivity (Wildman–Crippen MR) is 162 cm³/mol. The average molecular weight is 604 g/mol. The molecule has 214 valence electrons. The first-order chi connectivity index (χ1) is 20.0. The lowest BCUT2D eigenvalue weighted by Crippen LogP contribution is -2.39. The molecule has 2 aliphatic rings. The van der Waals surface area contributed by atoms with Gasteiger partial charge in [-0.25, -0.2) is 0 Å². The van der Waals surface area contributed by atoms with Crippen LogP contribution in [0.4, 0.5) is 11.4 Å². The molecule has 0 saturated carbocycles. The van der Waals surface area contributed by atoms with E-state index in [1.165, 1.54) is 23.1 Å². The average Bonchev–Trinajstić information content (AvgIpc) is 2.94. The Morgan fingerprint density at radius 2 is 1.81 bits per heavy atom. The van der Waals surface area contributed by atoms with Crippen molar-refractivity contribution in [3.05, 3.63) is 119 Å². The van der Waals surface area contributed by atoms with Crippen LogP contribution in [0.5, 0.6) is 5.75 Å². The normalized spacial score (nSPS) is 16.8. The molecule has 1 unspecified atom stereocenters. The molecule has 2 N–H and O–H groups in total. The van der Waals surface area contributed by atoms with Crippen LogP contribution < -0.4 is 15.4 Å². The largest absolute Gasteiger partial charge is 0.489 e. The molecule has 0 amide bonds. The van der Waals surface area contributed by atoms with Gasteiger partial charge in [0.2, 0.25) is 0 Å². The number of carbonyl (C=O) groups is 1. The minimum atomic E-state index is -0.726. The number of hydrogen-bond acceptors (Lipinski definition) is 7. The van der Waals surface area contributed by atoms with Crippen LogP contribution in [0, 0.1) is 42.2 Å². The number of carbonyl (C=O) groups excluding carboxylic acids is 1. The van der Waals surface area contributed by atoms with Crippen molar-refractivity contribution in [1.82, 2.24) is 0 Å². The van der Waals surface area contributed by atoms with Crippen LogP contribution in [0.3, 0.4) is 0 Å². The number of rotatable bonds is 6. The maximum Gasteiger partial charge on any atom is 0.294 e. The molecule has 0 radical (unpaired) electrons. The lowest BCUT2D eigenvalue weighted by atomic mass is 9.73. The Bertz CT molecular complexity index is 1760. The summed E-state index contributed by atoms with van der Waals surface area (Å²) in [4.78, 5) is 26.6. The zero-order valence-electron chi connectivity index (χ0n) is 23.3. The summed E-state index contributed by atoms with van der Waals surface area (Å²) in [5.74, 6) is -0.0826. The van der Waals surface area contributed by atoms with Gasteiger partial charge in [-0.1, -0.05) is 40.9 Å². The molecule has 1 aliphatic carbocycles. The SMILES string of the molecule is Cc1cc(COc2ccc(Cl)cc2C)c(C)c(C2C(C#N)=C(N)N(c3ccc(Cl)cc3[N+](=O)[O-])C3=C2C(=O)CCC3)c1. The van der Waals surface area contributed by atoms with Crippen molar-refractivity contribution in [3.8, 4) is 11.8 Å². The topological polar surface area (TPSA) is 122 Å². The van der Waals surface area contributed by atoms with Crippen LogP contribution in [-0.4, -0.2) is 10.7 Å². The molecule has 3 aromatic carbocycles. The summed E-state index contributed by atoms with van der Waals surface area (Å²) in [5, 5.41) is 23.3. The molecule has 3 aromatic rings. The first-order valence-electron chi connectivity index (χ1n) is 13.4. The Balaban J connectivity index is 1.66. The van der Waals surface area contributed by atoms with E-state index in [2.05, 4.69) is 6.07 Å². The quantitative estimate of drug-likeness (QED) is 0.226.